The number of aryl methyl sites for hydroxylation is 1. The third kappa shape index (κ3) is 5.35. The van der Waals surface area contributed by atoms with Crippen LogP contribution < -0.4 is 10.6 Å². The van der Waals surface area contributed by atoms with Gasteiger partial charge in [-0.2, -0.15) is 0 Å². The van der Waals surface area contributed by atoms with Crippen molar-refractivity contribution in [3.63, 3.8) is 0 Å². The molecule has 0 fully saturated rings. The van der Waals surface area contributed by atoms with Gasteiger partial charge in [-0.1, -0.05) is 23.7 Å². The van der Waals surface area contributed by atoms with Crippen LogP contribution in [0, 0.1) is 6.92 Å². The average molecular weight is 449 g/mol. The second-order valence-corrected chi connectivity index (χ2v) is 5.51. The van der Waals surface area contributed by atoms with Crippen molar-refractivity contribution in [1.82, 2.24) is 25.4 Å². The molecular weight excluding hydrogens is 427 g/mol. The Morgan fingerprint density at radius 3 is 2.70 bits per heavy atom. The number of guanidine groups is 1. The molecule has 0 aliphatic rings. The number of hydrogen-bond donors (Lipinski definition) is 2. The summed E-state index contributed by atoms with van der Waals surface area (Å²) < 4.78 is 1.95. The molecule has 1 unspecified atom stereocenters. The average Bonchev–Trinajstić information content (AvgIpc) is 2.83. The summed E-state index contributed by atoms with van der Waals surface area (Å²) in [5.41, 5.74) is 1.10. The van der Waals surface area contributed by atoms with Gasteiger partial charge in [0.05, 0.1) is 12.6 Å². The van der Waals surface area contributed by atoms with Gasteiger partial charge in [0.15, 0.2) is 11.8 Å². The maximum atomic E-state index is 6.03. The number of aliphatic imine (C=N–C) groups is 1. The molecule has 1 aromatic carbocycles. The molecule has 0 saturated carbocycles. The monoisotopic (exact) mass is 448 g/mol. The van der Waals surface area contributed by atoms with E-state index in [1.165, 1.54) is 0 Å². The van der Waals surface area contributed by atoms with Gasteiger partial charge >= 0.3 is 0 Å². The van der Waals surface area contributed by atoms with E-state index in [0.29, 0.717) is 12.5 Å². The molecule has 0 aliphatic heterocycles. The minimum Gasteiger partial charge on any atom is -0.350 e. The summed E-state index contributed by atoms with van der Waals surface area (Å²) in [6, 6.07) is 7.86. The van der Waals surface area contributed by atoms with E-state index in [4.69, 9.17) is 11.6 Å². The fraction of sp³-hybridized carbons (Fsp3) is 0.400. The van der Waals surface area contributed by atoms with Crippen LogP contribution in [0.4, 0.5) is 0 Å². The number of halogens is 2. The van der Waals surface area contributed by atoms with Crippen molar-refractivity contribution in [1.29, 1.82) is 0 Å². The van der Waals surface area contributed by atoms with Crippen LogP contribution in [0.1, 0.15) is 30.2 Å². The van der Waals surface area contributed by atoms with Crippen LogP contribution in [0.15, 0.2) is 29.3 Å². The predicted molar refractivity (Wildman–Crippen MR) is 104 cm³/mol. The van der Waals surface area contributed by atoms with Gasteiger partial charge in [0, 0.05) is 19.1 Å². The molecule has 1 aromatic heterocycles. The first-order chi connectivity index (χ1) is 10.5. The Balaban J connectivity index is 0.00000264. The minimum absolute atomic E-state index is 0. The van der Waals surface area contributed by atoms with Crippen molar-refractivity contribution in [2.45, 2.75) is 26.4 Å². The van der Waals surface area contributed by atoms with Crippen LogP contribution in [-0.4, -0.2) is 27.8 Å². The van der Waals surface area contributed by atoms with Gasteiger partial charge in [-0.05, 0) is 31.5 Å². The van der Waals surface area contributed by atoms with Gasteiger partial charge < -0.3 is 15.2 Å². The normalized spacial score (nSPS) is 12.5. The Morgan fingerprint density at radius 2 is 2.13 bits per heavy atom. The first-order valence-corrected chi connectivity index (χ1v) is 7.46. The standard InChI is InChI=1S/C15H21ClN6.HI/c1-10(12-6-5-7-13(16)8-12)19-15(17-3)18-9-14-21-20-11(2)22(14)4;/h5-8,10H,9H2,1-4H3,(H2,17,18,19);1H. The molecule has 0 amide bonds. The van der Waals surface area contributed by atoms with E-state index >= 15 is 0 Å². The van der Waals surface area contributed by atoms with E-state index in [1.807, 2.05) is 42.8 Å². The lowest BCUT2D eigenvalue weighted by Gasteiger charge is -2.18. The Morgan fingerprint density at radius 1 is 1.39 bits per heavy atom. The second-order valence-electron chi connectivity index (χ2n) is 5.07. The van der Waals surface area contributed by atoms with Crippen molar-refractivity contribution in [3.05, 3.63) is 46.5 Å². The molecule has 2 N–H and O–H groups in total. The predicted octanol–water partition coefficient (Wildman–Crippen LogP) is 2.82. The fourth-order valence-electron chi connectivity index (χ4n) is 2.03. The van der Waals surface area contributed by atoms with Crippen molar-refractivity contribution in [3.8, 4) is 0 Å². The summed E-state index contributed by atoms with van der Waals surface area (Å²) in [5.74, 6) is 2.44. The van der Waals surface area contributed by atoms with E-state index in [0.717, 1.165) is 22.2 Å². The van der Waals surface area contributed by atoms with Crippen molar-refractivity contribution in [2.75, 3.05) is 7.05 Å². The Hall–Kier alpha value is -1.35. The van der Waals surface area contributed by atoms with Crippen LogP contribution in [0.2, 0.25) is 5.02 Å². The highest BCUT2D eigenvalue weighted by molar-refractivity contribution is 14.0. The smallest absolute Gasteiger partial charge is 0.191 e. The van der Waals surface area contributed by atoms with Crippen molar-refractivity contribution < 1.29 is 0 Å². The van der Waals surface area contributed by atoms with E-state index in [1.54, 1.807) is 7.05 Å². The van der Waals surface area contributed by atoms with Gasteiger partial charge in [0.2, 0.25) is 0 Å². The first-order valence-electron chi connectivity index (χ1n) is 7.08. The maximum Gasteiger partial charge on any atom is 0.191 e. The Labute approximate surface area is 158 Å². The molecule has 0 radical (unpaired) electrons. The SMILES string of the molecule is CN=C(NCc1nnc(C)n1C)NC(C)c1cccc(Cl)c1.I. The van der Waals surface area contributed by atoms with Crippen LogP contribution in [-0.2, 0) is 13.6 Å². The first kappa shape index (κ1) is 19.7. The highest BCUT2D eigenvalue weighted by Crippen LogP contribution is 2.17. The highest BCUT2D eigenvalue weighted by Gasteiger charge is 2.10. The number of benzene rings is 1. The van der Waals surface area contributed by atoms with Crippen LogP contribution >= 0.6 is 35.6 Å². The third-order valence-corrected chi connectivity index (χ3v) is 3.76. The van der Waals surface area contributed by atoms with Crippen molar-refractivity contribution in [2.24, 2.45) is 12.0 Å². The number of hydrogen-bond acceptors (Lipinski definition) is 3. The second kappa shape index (κ2) is 9.07. The van der Waals surface area contributed by atoms with Gasteiger partial charge in [0.25, 0.3) is 0 Å². The number of aromatic nitrogens is 3. The Kier molecular flexibility index (Phi) is 7.77. The van der Waals surface area contributed by atoms with Crippen molar-refractivity contribution >= 4 is 41.5 Å². The van der Waals surface area contributed by atoms with E-state index in [2.05, 4.69) is 32.7 Å². The zero-order chi connectivity index (χ0) is 16.1. The van der Waals surface area contributed by atoms with E-state index in [9.17, 15) is 0 Å². The summed E-state index contributed by atoms with van der Waals surface area (Å²) in [5, 5.41) is 15.4. The summed E-state index contributed by atoms with van der Waals surface area (Å²) in [4.78, 5) is 4.23. The molecule has 0 saturated heterocycles. The molecule has 0 aliphatic carbocycles. The molecule has 1 atom stereocenters. The molecular formula is C15H22ClIN6. The quantitative estimate of drug-likeness (QED) is 0.429. The zero-order valence-corrected chi connectivity index (χ0v) is 16.8. The Bertz CT molecular complexity index is 670. The van der Waals surface area contributed by atoms with E-state index in [-0.39, 0.29) is 30.0 Å². The summed E-state index contributed by atoms with van der Waals surface area (Å²) in [6.45, 7) is 4.54. The molecule has 126 valence electrons. The summed E-state index contributed by atoms with van der Waals surface area (Å²) >= 11 is 6.03. The summed E-state index contributed by atoms with van der Waals surface area (Å²) in [7, 11) is 3.68. The summed E-state index contributed by atoms with van der Waals surface area (Å²) in [6.07, 6.45) is 0. The van der Waals surface area contributed by atoms with Crippen LogP contribution in [0.3, 0.4) is 0 Å². The number of nitrogens with zero attached hydrogens (tertiary/aromatic N) is 4. The zero-order valence-electron chi connectivity index (χ0n) is 13.7. The third-order valence-electron chi connectivity index (χ3n) is 3.52. The highest BCUT2D eigenvalue weighted by atomic mass is 127. The largest absolute Gasteiger partial charge is 0.350 e. The van der Waals surface area contributed by atoms with Gasteiger partial charge in [-0.25, -0.2) is 0 Å². The molecule has 6 nitrogen and oxygen atoms in total. The topological polar surface area (TPSA) is 67.1 Å². The van der Waals surface area contributed by atoms with E-state index < -0.39 is 0 Å². The maximum absolute atomic E-state index is 6.03. The molecule has 2 aromatic rings. The molecule has 8 heteroatoms. The molecule has 2 rings (SSSR count). The van der Waals surface area contributed by atoms with Crippen LogP contribution in [0.25, 0.3) is 0 Å². The lowest BCUT2D eigenvalue weighted by Crippen LogP contribution is -2.38. The molecule has 0 bridgehead atoms. The lowest BCUT2D eigenvalue weighted by atomic mass is 10.1. The molecule has 23 heavy (non-hydrogen) atoms. The molecule has 1 heterocycles. The molecule has 0 spiro atoms. The number of nitrogens with one attached hydrogen (secondary N) is 2. The minimum atomic E-state index is 0. The number of rotatable bonds is 4. The fourth-order valence-corrected chi connectivity index (χ4v) is 2.23. The van der Waals surface area contributed by atoms with Gasteiger partial charge in [-0.3, -0.25) is 4.99 Å². The van der Waals surface area contributed by atoms with Gasteiger partial charge in [0.1, 0.15) is 5.82 Å². The lowest BCUT2D eigenvalue weighted by molar-refractivity contribution is 0.667. The van der Waals surface area contributed by atoms with Crippen LogP contribution in [0.5, 0.6) is 0 Å². The van der Waals surface area contributed by atoms with Gasteiger partial charge in [-0.15, -0.1) is 34.2 Å².